The van der Waals surface area contributed by atoms with Crippen LogP contribution in [0.1, 0.15) is 52.4 Å². The third kappa shape index (κ3) is 1.65. The van der Waals surface area contributed by atoms with Crippen LogP contribution in [-0.2, 0) is 4.79 Å². The van der Waals surface area contributed by atoms with Crippen molar-refractivity contribution in [2.24, 2.45) is 11.8 Å². The quantitative estimate of drug-likeness (QED) is 0.537. The lowest BCUT2D eigenvalue weighted by molar-refractivity contribution is -0.118. The molecule has 0 aromatic carbocycles. The molecule has 0 heterocycles. The van der Waals surface area contributed by atoms with Crippen molar-refractivity contribution in [1.29, 1.82) is 0 Å². The molecule has 2 saturated carbocycles. The van der Waals surface area contributed by atoms with Crippen molar-refractivity contribution in [3.8, 4) is 0 Å². The molecule has 0 aliphatic heterocycles. The van der Waals surface area contributed by atoms with Crippen LogP contribution in [-0.4, -0.2) is 5.78 Å². The lowest BCUT2D eigenvalue weighted by atomic mass is 9.91. The lowest BCUT2D eigenvalue weighted by Crippen LogP contribution is -2.13. The molecule has 0 amide bonds. The molecule has 2 aliphatic rings. The number of Topliss-reactive ketones (excluding diaryl/α,β-unsaturated/α-hetero) is 1. The van der Waals surface area contributed by atoms with Crippen LogP contribution in [0.25, 0.3) is 0 Å². The summed E-state index contributed by atoms with van der Waals surface area (Å²) < 4.78 is 0. The Labute approximate surface area is 86.6 Å². The van der Waals surface area contributed by atoms with Crippen LogP contribution in [0.4, 0.5) is 0 Å². The smallest absolute Gasteiger partial charge is 0.162 e. The lowest BCUT2D eigenvalue weighted by Gasteiger charge is -2.12. The first kappa shape index (κ1) is 9.95. The molecular formula is C13H20O. The van der Waals surface area contributed by atoms with Crippen molar-refractivity contribution in [3.63, 3.8) is 0 Å². The van der Waals surface area contributed by atoms with Gasteiger partial charge in [0.25, 0.3) is 0 Å². The summed E-state index contributed by atoms with van der Waals surface area (Å²) in [6, 6.07) is 0. The Hall–Kier alpha value is -0.590. The molecule has 1 nitrogen and oxygen atoms in total. The van der Waals surface area contributed by atoms with Gasteiger partial charge in [-0.05, 0) is 44.6 Å². The maximum atomic E-state index is 12.1. The van der Waals surface area contributed by atoms with E-state index in [0.29, 0.717) is 17.6 Å². The van der Waals surface area contributed by atoms with Crippen molar-refractivity contribution in [2.45, 2.75) is 52.4 Å². The number of rotatable bonds is 0. The molecule has 1 heteroatoms. The average Bonchev–Trinajstić information content (AvgIpc) is 2.37. The van der Waals surface area contributed by atoms with E-state index in [1.807, 2.05) is 0 Å². The summed E-state index contributed by atoms with van der Waals surface area (Å²) in [4.78, 5) is 12.1. The molecule has 0 radical (unpaired) electrons. The highest BCUT2D eigenvalue weighted by atomic mass is 16.1. The van der Waals surface area contributed by atoms with Crippen LogP contribution in [0.2, 0.25) is 0 Å². The van der Waals surface area contributed by atoms with E-state index in [4.69, 9.17) is 0 Å². The molecule has 0 aromatic rings. The number of hydrogen-bond donors (Lipinski definition) is 0. The summed E-state index contributed by atoms with van der Waals surface area (Å²) in [6.45, 7) is 4.16. The first-order valence-electron chi connectivity index (χ1n) is 5.90. The fraction of sp³-hybridized carbons (Fsp3) is 0.769. The van der Waals surface area contributed by atoms with Crippen molar-refractivity contribution in [3.05, 3.63) is 11.1 Å². The van der Waals surface area contributed by atoms with Crippen molar-refractivity contribution >= 4 is 5.78 Å². The van der Waals surface area contributed by atoms with E-state index in [2.05, 4.69) is 13.8 Å². The van der Waals surface area contributed by atoms with Gasteiger partial charge in [0.2, 0.25) is 0 Å². The maximum absolute atomic E-state index is 12.1. The highest BCUT2D eigenvalue weighted by Crippen LogP contribution is 2.42. The Morgan fingerprint density at radius 3 is 2.57 bits per heavy atom. The third-order valence-electron chi connectivity index (χ3n) is 3.86. The number of ketones is 1. The van der Waals surface area contributed by atoms with Crippen LogP contribution in [0.15, 0.2) is 11.1 Å². The Morgan fingerprint density at radius 1 is 1.14 bits per heavy atom. The zero-order valence-corrected chi connectivity index (χ0v) is 9.31. The SMILES string of the molecule is CC(C)=C1CC2CCCCCC2C1=O. The largest absolute Gasteiger partial charge is 0.294 e. The summed E-state index contributed by atoms with van der Waals surface area (Å²) in [6.07, 6.45) is 7.46. The van der Waals surface area contributed by atoms with E-state index in [-0.39, 0.29) is 0 Å². The van der Waals surface area contributed by atoms with Gasteiger partial charge in [0.05, 0.1) is 0 Å². The third-order valence-corrected chi connectivity index (χ3v) is 3.86. The zero-order valence-electron chi connectivity index (χ0n) is 9.31. The summed E-state index contributed by atoms with van der Waals surface area (Å²) in [5.74, 6) is 1.56. The monoisotopic (exact) mass is 192 g/mol. The van der Waals surface area contributed by atoms with E-state index >= 15 is 0 Å². The van der Waals surface area contributed by atoms with Gasteiger partial charge in [-0.15, -0.1) is 0 Å². The van der Waals surface area contributed by atoms with Gasteiger partial charge in [-0.1, -0.05) is 24.8 Å². The Balaban J connectivity index is 2.21. The highest BCUT2D eigenvalue weighted by molar-refractivity contribution is 6.00. The highest BCUT2D eigenvalue weighted by Gasteiger charge is 2.38. The molecule has 0 bridgehead atoms. The zero-order chi connectivity index (χ0) is 10.1. The normalized spacial score (nSPS) is 32.7. The Kier molecular flexibility index (Phi) is 2.76. The molecule has 0 aromatic heterocycles. The standard InChI is InChI=1S/C13H20O/c1-9(2)12-8-10-6-4-3-5-7-11(10)13(12)14/h10-11H,3-8H2,1-2H3. The van der Waals surface area contributed by atoms with E-state index < -0.39 is 0 Å². The summed E-state index contributed by atoms with van der Waals surface area (Å²) in [5, 5.41) is 0. The van der Waals surface area contributed by atoms with Gasteiger partial charge in [0, 0.05) is 5.92 Å². The van der Waals surface area contributed by atoms with Gasteiger partial charge in [0.1, 0.15) is 0 Å². The van der Waals surface area contributed by atoms with Gasteiger partial charge in [-0.2, -0.15) is 0 Å². The number of hydrogen-bond acceptors (Lipinski definition) is 1. The fourth-order valence-electron chi connectivity index (χ4n) is 3.01. The molecule has 2 aliphatic carbocycles. The van der Waals surface area contributed by atoms with Crippen LogP contribution >= 0.6 is 0 Å². The molecule has 0 N–H and O–H groups in total. The average molecular weight is 192 g/mol. The minimum Gasteiger partial charge on any atom is -0.294 e. The van der Waals surface area contributed by atoms with Gasteiger partial charge in [0.15, 0.2) is 5.78 Å². The molecule has 2 rings (SSSR count). The van der Waals surface area contributed by atoms with Crippen LogP contribution < -0.4 is 0 Å². The fourth-order valence-corrected chi connectivity index (χ4v) is 3.01. The van der Waals surface area contributed by atoms with Gasteiger partial charge >= 0.3 is 0 Å². The van der Waals surface area contributed by atoms with Crippen LogP contribution in [0.5, 0.6) is 0 Å². The molecule has 0 saturated heterocycles. The number of allylic oxidation sites excluding steroid dienone is 2. The number of fused-ring (bicyclic) bond motifs is 1. The van der Waals surface area contributed by atoms with Crippen molar-refractivity contribution < 1.29 is 4.79 Å². The Bertz CT molecular complexity index is 271. The number of carbonyl (C=O) groups is 1. The summed E-state index contributed by atoms with van der Waals surface area (Å²) in [7, 11) is 0. The molecule has 2 unspecified atom stereocenters. The minimum absolute atomic E-state index is 0.391. The predicted octanol–water partition coefficient (Wildman–Crippen LogP) is 3.49. The Morgan fingerprint density at radius 2 is 1.86 bits per heavy atom. The second-order valence-electron chi connectivity index (χ2n) is 5.05. The second-order valence-corrected chi connectivity index (χ2v) is 5.05. The molecule has 0 spiro atoms. The van der Waals surface area contributed by atoms with Gasteiger partial charge < -0.3 is 0 Å². The molecule has 78 valence electrons. The second kappa shape index (κ2) is 3.88. The first-order chi connectivity index (χ1) is 6.70. The van der Waals surface area contributed by atoms with E-state index in [0.717, 1.165) is 18.4 Å². The number of carbonyl (C=O) groups excluding carboxylic acids is 1. The van der Waals surface area contributed by atoms with Gasteiger partial charge in [-0.25, -0.2) is 0 Å². The summed E-state index contributed by atoms with van der Waals surface area (Å²) >= 11 is 0. The van der Waals surface area contributed by atoms with Crippen LogP contribution in [0.3, 0.4) is 0 Å². The predicted molar refractivity (Wildman–Crippen MR) is 58.1 cm³/mol. The van der Waals surface area contributed by atoms with Crippen LogP contribution in [0, 0.1) is 11.8 Å². The minimum atomic E-state index is 0.391. The topological polar surface area (TPSA) is 17.1 Å². The van der Waals surface area contributed by atoms with E-state index in [1.165, 1.54) is 31.3 Å². The van der Waals surface area contributed by atoms with E-state index in [9.17, 15) is 4.79 Å². The maximum Gasteiger partial charge on any atom is 0.162 e. The van der Waals surface area contributed by atoms with Crippen molar-refractivity contribution in [2.75, 3.05) is 0 Å². The van der Waals surface area contributed by atoms with Crippen molar-refractivity contribution in [1.82, 2.24) is 0 Å². The molecular weight excluding hydrogens is 172 g/mol. The van der Waals surface area contributed by atoms with E-state index in [1.54, 1.807) is 0 Å². The molecule has 2 atom stereocenters. The summed E-state index contributed by atoms with van der Waals surface area (Å²) in [5.41, 5.74) is 2.41. The molecule has 14 heavy (non-hydrogen) atoms. The van der Waals surface area contributed by atoms with Gasteiger partial charge in [-0.3, -0.25) is 4.79 Å². The molecule has 2 fully saturated rings. The first-order valence-corrected chi connectivity index (χ1v) is 5.90.